The van der Waals surface area contributed by atoms with Crippen molar-refractivity contribution < 1.29 is 4.79 Å². The second kappa shape index (κ2) is 8.52. The lowest BCUT2D eigenvalue weighted by Gasteiger charge is -2.40. The Labute approximate surface area is 174 Å². The smallest absolute Gasteiger partial charge is 0.222 e. The van der Waals surface area contributed by atoms with Crippen LogP contribution in [0.4, 0.5) is 0 Å². The number of carbonyl (C=O) groups is 1. The Balaban J connectivity index is 1.27. The summed E-state index contributed by atoms with van der Waals surface area (Å²) < 4.78 is 0. The molecule has 0 N–H and O–H groups in total. The van der Waals surface area contributed by atoms with Crippen LogP contribution in [0, 0.1) is 0 Å². The van der Waals surface area contributed by atoms with Gasteiger partial charge in [0.05, 0.1) is 0 Å². The van der Waals surface area contributed by atoms with Gasteiger partial charge in [-0.05, 0) is 60.4 Å². The number of carbonyl (C=O) groups excluding carboxylic acids is 1. The largest absolute Gasteiger partial charge is 0.343 e. The number of benzene rings is 1. The molecule has 6 heteroatoms. The van der Waals surface area contributed by atoms with Crippen LogP contribution in [0.1, 0.15) is 35.3 Å². The Bertz CT molecular complexity index is 794. The standard InChI is InChI=1S/C21H24Cl2N2OS/c22-18-2-1-3-19(23)17(18)4-5-21(26)24-10-6-16(7-11-24)25-12-8-20-15(14-25)9-13-27-20/h1-3,9,13,16H,4-8,10-12,14H2. The third-order valence-corrected chi connectivity index (χ3v) is 7.55. The Hall–Kier alpha value is -1.07. The molecule has 144 valence electrons. The molecule has 1 aromatic heterocycles. The fourth-order valence-electron chi connectivity index (χ4n) is 4.22. The third-order valence-electron chi connectivity index (χ3n) is 5.82. The number of likely N-dealkylation sites (tertiary alicyclic amines) is 1. The van der Waals surface area contributed by atoms with Crippen molar-refractivity contribution in [2.45, 2.75) is 44.7 Å². The van der Waals surface area contributed by atoms with E-state index in [2.05, 4.69) is 16.3 Å². The minimum atomic E-state index is 0.211. The van der Waals surface area contributed by atoms with Crippen molar-refractivity contribution >= 4 is 40.4 Å². The summed E-state index contributed by atoms with van der Waals surface area (Å²) in [6, 6.07) is 8.36. The molecular weight excluding hydrogens is 399 g/mol. The molecule has 0 radical (unpaired) electrons. The summed E-state index contributed by atoms with van der Waals surface area (Å²) in [7, 11) is 0. The van der Waals surface area contributed by atoms with E-state index in [1.807, 2.05) is 34.4 Å². The van der Waals surface area contributed by atoms with Crippen LogP contribution in [0.5, 0.6) is 0 Å². The Morgan fingerprint density at radius 1 is 1.11 bits per heavy atom. The molecule has 1 fully saturated rings. The third kappa shape index (κ3) is 4.34. The molecule has 0 bridgehead atoms. The Morgan fingerprint density at radius 2 is 1.85 bits per heavy atom. The predicted molar refractivity (Wildman–Crippen MR) is 113 cm³/mol. The highest BCUT2D eigenvalue weighted by molar-refractivity contribution is 7.10. The lowest BCUT2D eigenvalue weighted by Crippen LogP contribution is -2.48. The van der Waals surface area contributed by atoms with Gasteiger partial charge in [0.25, 0.3) is 0 Å². The van der Waals surface area contributed by atoms with Gasteiger partial charge in [0.15, 0.2) is 0 Å². The maximum atomic E-state index is 12.6. The van der Waals surface area contributed by atoms with E-state index in [0.29, 0.717) is 28.9 Å². The molecule has 4 rings (SSSR count). The number of hydrogen-bond acceptors (Lipinski definition) is 3. The maximum Gasteiger partial charge on any atom is 0.222 e. The molecule has 0 unspecified atom stereocenters. The quantitative estimate of drug-likeness (QED) is 0.688. The lowest BCUT2D eigenvalue weighted by atomic mass is 9.99. The average Bonchev–Trinajstić information content (AvgIpc) is 3.15. The van der Waals surface area contributed by atoms with Gasteiger partial charge in [-0.2, -0.15) is 0 Å². The number of nitrogens with zero attached hydrogens (tertiary/aromatic N) is 2. The first-order chi connectivity index (χ1) is 13.1. The van der Waals surface area contributed by atoms with Gasteiger partial charge in [0.1, 0.15) is 0 Å². The number of thiophene rings is 1. The molecule has 0 aliphatic carbocycles. The molecule has 3 heterocycles. The van der Waals surface area contributed by atoms with Crippen molar-refractivity contribution in [2.24, 2.45) is 0 Å². The van der Waals surface area contributed by atoms with Crippen molar-refractivity contribution in [1.82, 2.24) is 9.80 Å². The second-order valence-electron chi connectivity index (χ2n) is 7.40. The highest BCUT2D eigenvalue weighted by Gasteiger charge is 2.29. The van der Waals surface area contributed by atoms with Crippen molar-refractivity contribution in [3.63, 3.8) is 0 Å². The number of halogens is 2. The van der Waals surface area contributed by atoms with Crippen LogP contribution < -0.4 is 0 Å². The van der Waals surface area contributed by atoms with Gasteiger partial charge in [-0.1, -0.05) is 29.3 Å². The summed E-state index contributed by atoms with van der Waals surface area (Å²) >= 11 is 14.3. The Kier molecular flexibility index (Phi) is 6.08. The molecule has 1 saturated heterocycles. The van der Waals surface area contributed by atoms with E-state index in [0.717, 1.165) is 44.6 Å². The van der Waals surface area contributed by atoms with Crippen LogP contribution in [0.2, 0.25) is 10.0 Å². The summed E-state index contributed by atoms with van der Waals surface area (Å²) in [6.07, 6.45) is 4.38. The molecule has 2 aliphatic rings. The number of fused-ring (bicyclic) bond motifs is 1. The van der Waals surface area contributed by atoms with Crippen LogP contribution >= 0.6 is 34.5 Å². The van der Waals surface area contributed by atoms with Crippen molar-refractivity contribution in [1.29, 1.82) is 0 Å². The summed E-state index contributed by atoms with van der Waals surface area (Å²) in [5.41, 5.74) is 2.38. The Morgan fingerprint density at radius 3 is 2.59 bits per heavy atom. The van der Waals surface area contributed by atoms with Gasteiger partial charge in [0.2, 0.25) is 5.91 Å². The van der Waals surface area contributed by atoms with E-state index in [4.69, 9.17) is 23.2 Å². The summed E-state index contributed by atoms with van der Waals surface area (Å²) in [6.45, 7) is 3.93. The normalized spacial score (nSPS) is 18.5. The first-order valence-corrected chi connectivity index (χ1v) is 11.3. The van der Waals surface area contributed by atoms with Crippen molar-refractivity contribution in [3.05, 3.63) is 55.7 Å². The first-order valence-electron chi connectivity index (χ1n) is 9.62. The van der Waals surface area contributed by atoms with Crippen molar-refractivity contribution in [3.8, 4) is 0 Å². The zero-order chi connectivity index (χ0) is 18.8. The van der Waals surface area contributed by atoms with Crippen LogP contribution in [-0.4, -0.2) is 41.4 Å². The van der Waals surface area contributed by atoms with E-state index in [-0.39, 0.29) is 5.91 Å². The first kappa shape index (κ1) is 19.3. The van der Waals surface area contributed by atoms with Crippen LogP contribution in [0.25, 0.3) is 0 Å². The number of piperidine rings is 1. The van der Waals surface area contributed by atoms with Gasteiger partial charge >= 0.3 is 0 Å². The van der Waals surface area contributed by atoms with E-state index in [1.165, 1.54) is 12.0 Å². The number of hydrogen-bond donors (Lipinski definition) is 0. The molecule has 3 nitrogen and oxygen atoms in total. The zero-order valence-corrected chi connectivity index (χ0v) is 17.6. The molecule has 27 heavy (non-hydrogen) atoms. The van der Waals surface area contributed by atoms with E-state index < -0.39 is 0 Å². The maximum absolute atomic E-state index is 12.6. The summed E-state index contributed by atoms with van der Waals surface area (Å²) in [5, 5.41) is 3.50. The zero-order valence-electron chi connectivity index (χ0n) is 15.3. The lowest BCUT2D eigenvalue weighted by molar-refractivity contribution is -0.132. The van der Waals surface area contributed by atoms with E-state index in [9.17, 15) is 4.79 Å². The summed E-state index contributed by atoms with van der Waals surface area (Å²) in [4.78, 5) is 18.8. The fourth-order valence-corrected chi connectivity index (χ4v) is 5.70. The molecule has 1 amide bonds. The average molecular weight is 423 g/mol. The van der Waals surface area contributed by atoms with Crippen LogP contribution in [-0.2, 0) is 24.2 Å². The van der Waals surface area contributed by atoms with Gasteiger partial charge in [-0.25, -0.2) is 0 Å². The van der Waals surface area contributed by atoms with Gasteiger partial charge < -0.3 is 4.90 Å². The molecule has 0 saturated carbocycles. The van der Waals surface area contributed by atoms with Gasteiger partial charge in [0, 0.05) is 53.6 Å². The molecule has 1 aromatic carbocycles. The highest BCUT2D eigenvalue weighted by Crippen LogP contribution is 2.29. The molecule has 0 spiro atoms. The minimum Gasteiger partial charge on any atom is -0.343 e. The van der Waals surface area contributed by atoms with Gasteiger partial charge in [-0.15, -0.1) is 11.3 Å². The second-order valence-corrected chi connectivity index (χ2v) is 9.22. The monoisotopic (exact) mass is 422 g/mol. The van der Waals surface area contributed by atoms with Gasteiger partial charge in [-0.3, -0.25) is 9.69 Å². The molecular formula is C21H24Cl2N2OS. The fraction of sp³-hybridized carbons (Fsp3) is 0.476. The van der Waals surface area contributed by atoms with E-state index >= 15 is 0 Å². The molecule has 2 aromatic rings. The van der Waals surface area contributed by atoms with E-state index in [1.54, 1.807) is 4.88 Å². The topological polar surface area (TPSA) is 23.6 Å². The predicted octanol–water partition coefficient (Wildman–Crippen LogP) is 5.04. The minimum absolute atomic E-state index is 0.211. The molecule has 2 aliphatic heterocycles. The van der Waals surface area contributed by atoms with Crippen molar-refractivity contribution in [2.75, 3.05) is 19.6 Å². The summed E-state index contributed by atoms with van der Waals surface area (Å²) in [5.74, 6) is 0.211. The van der Waals surface area contributed by atoms with Crippen LogP contribution in [0.3, 0.4) is 0 Å². The highest BCUT2D eigenvalue weighted by atomic mass is 35.5. The van der Waals surface area contributed by atoms with Crippen LogP contribution in [0.15, 0.2) is 29.6 Å². The number of rotatable bonds is 4. The molecule has 0 atom stereocenters. The SMILES string of the molecule is O=C(CCc1c(Cl)cccc1Cl)N1CCC(N2CCc3sccc3C2)CC1. The number of amides is 1.